The summed E-state index contributed by atoms with van der Waals surface area (Å²) in [6.45, 7) is 4.39. The number of hydrogen-bond donors (Lipinski definition) is 3. The summed E-state index contributed by atoms with van der Waals surface area (Å²) in [6, 6.07) is 6.37. The van der Waals surface area contributed by atoms with Gasteiger partial charge in [0.05, 0.1) is 18.9 Å². The number of nitrogens with zero attached hydrogens (tertiary/aromatic N) is 3. The maximum absolute atomic E-state index is 13.3. The van der Waals surface area contributed by atoms with E-state index < -0.39 is 0 Å². The molecule has 1 atom stereocenters. The summed E-state index contributed by atoms with van der Waals surface area (Å²) < 4.78 is 18.7. The monoisotopic (exact) mass is 456 g/mol. The summed E-state index contributed by atoms with van der Waals surface area (Å²) in [5.41, 5.74) is 1.71. The maximum Gasteiger partial charge on any atom is 0.264 e. The summed E-state index contributed by atoms with van der Waals surface area (Å²) in [4.78, 5) is 27.7. The van der Waals surface area contributed by atoms with E-state index in [-0.39, 0.29) is 17.4 Å². The van der Waals surface area contributed by atoms with Crippen LogP contribution in [0.25, 0.3) is 21.8 Å². The second-order valence-electron chi connectivity index (χ2n) is 7.94. The molecule has 2 saturated heterocycles. The van der Waals surface area contributed by atoms with Gasteiger partial charge in [-0.15, -0.1) is 11.3 Å². The molecule has 3 aromatic rings. The average Bonchev–Trinajstić information content (AvgIpc) is 3.30. The Balaban J connectivity index is 1.52. The van der Waals surface area contributed by atoms with Gasteiger partial charge >= 0.3 is 0 Å². The number of morpholine rings is 1. The molecule has 0 bridgehead atoms. The molecule has 0 spiro atoms. The minimum atomic E-state index is -0.295. The Labute approximate surface area is 188 Å². The number of anilines is 2. The number of nitrogens with one attached hydrogen (secondary N) is 3. The molecule has 2 aliphatic rings. The van der Waals surface area contributed by atoms with Crippen molar-refractivity contribution < 1.29 is 9.13 Å². The van der Waals surface area contributed by atoms with Crippen LogP contribution in [0.1, 0.15) is 12.8 Å². The molecule has 3 N–H and O–H groups in total. The van der Waals surface area contributed by atoms with Crippen LogP contribution in [0.15, 0.2) is 34.4 Å². The zero-order valence-electron chi connectivity index (χ0n) is 17.6. The van der Waals surface area contributed by atoms with Gasteiger partial charge in [-0.3, -0.25) is 9.78 Å². The number of piperidine rings is 1. The van der Waals surface area contributed by atoms with Crippen LogP contribution < -0.4 is 21.1 Å². The molecule has 2 fully saturated rings. The number of aromatic amines is 1. The van der Waals surface area contributed by atoms with Crippen LogP contribution >= 0.6 is 11.3 Å². The number of aromatic nitrogens is 3. The summed E-state index contributed by atoms with van der Waals surface area (Å²) >= 11 is 1.38. The van der Waals surface area contributed by atoms with Crippen LogP contribution in [0.3, 0.4) is 0 Å². The Morgan fingerprint density at radius 2 is 2.00 bits per heavy atom. The highest BCUT2D eigenvalue weighted by Gasteiger charge is 2.23. The molecule has 2 aromatic heterocycles. The van der Waals surface area contributed by atoms with E-state index in [2.05, 4.69) is 20.6 Å². The number of ether oxygens (including phenoxy) is 1. The molecule has 0 saturated carbocycles. The van der Waals surface area contributed by atoms with Crippen molar-refractivity contribution in [2.45, 2.75) is 18.9 Å². The van der Waals surface area contributed by atoms with Gasteiger partial charge in [0.25, 0.3) is 5.56 Å². The summed E-state index contributed by atoms with van der Waals surface area (Å²) in [5.74, 6) is 0.795. The molecular weight excluding hydrogens is 431 g/mol. The van der Waals surface area contributed by atoms with Crippen molar-refractivity contribution in [2.24, 2.45) is 0 Å². The molecular formula is C22H25FN6O2S. The van der Waals surface area contributed by atoms with Crippen LogP contribution in [0.2, 0.25) is 0 Å². The fraction of sp³-hybridized carbons (Fsp3) is 0.409. The summed E-state index contributed by atoms with van der Waals surface area (Å²) in [5, 5.41) is 9.34. The molecule has 5 rings (SSSR count). The average molecular weight is 457 g/mol. The molecule has 168 valence electrons. The Morgan fingerprint density at radius 1 is 1.19 bits per heavy atom. The number of H-pyrrole nitrogens is 1. The number of thiazole rings is 1. The molecule has 0 amide bonds. The fourth-order valence-corrected chi connectivity index (χ4v) is 4.87. The lowest BCUT2D eigenvalue weighted by molar-refractivity contribution is 0.122. The van der Waals surface area contributed by atoms with E-state index >= 15 is 0 Å². The second-order valence-corrected chi connectivity index (χ2v) is 8.80. The minimum absolute atomic E-state index is 0.186. The van der Waals surface area contributed by atoms with Crippen LogP contribution in [-0.2, 0) is 4.74 Å². The first-order valence-corrected chi connectivity index (χ1v) is 11.7. The van der Waals surface area contributed by atoms with Gasteiger partial charge in [-0.2, -0.15) is 4.98 Å². The number of benzene rings is 1. The van der Waals surface area contributed by atoms with Crippen LogP contribution in [0, 0.1) is 5.82 Å². The smallest absolute Gasteiger partial charge is 0.264 e. The van der Waals surface area contributed by atoms with Crippen LogP contribution in [0.4, 0.5) is 16.2 Å². The second kappa shape index (κ2) is 9.35. The molecule has 1 aromatic carbocycles. The summed E-state index contributed by atoms with van der Waals surface area (Å²) in [7, 11) is 0. The zero-order chi connectivity index (χ0) is 21.9. The van der Waals surface area contributed by atoms with Crippen molar-refractivity contribution in [3.05, 3.63) is 45.8 Å². The largest absolute Gasteiger partial charge is 0.378 e. The topological polar surface area (TPSA) is 95.2 Å². The third kappa shape index (κ3) is 4.52. The highest BCUT2D eigenvalue weighted by atomic mass is 32.1. The van der Waals surface area contributed by atoms with Crippen molar-refractivity contribution in [1.82, 2.24) is 20.3 Å². The first kappa shape index (κ1) is 21.0. The lowest BCUT2D eigenvalue weighted by atomic mass is 10.1. The van der Waals surface area contributed by atoms with E-state index in [4.69, 9.17) is 9.72 Å². The van der Waals surface area contributed by atoms with Gasteiger partial charge in [0.1, 0.15) is 22.2 Å². The van der Waals surface area contributed by atoms with E-state index in [9.17, 15) is 9.18 Å². The Bertz CT molecular complexity index is 1120. The van der Waals surface area contributed by atoms with Gasteiger partial charge in [0.2, 0.25) is 5.95 Å². The molecule has 4 heterocycles. The van der Waals surface area contributed by atoms with Gasteiger partial charge in [0, 0.05) is 36.6 Å². The Hall–Kier alpha value is -2.82. The Morgan fingerprint density at radius 3 is 2.75 bits per heavy atom. The van der Waals surface area contributed by atoms with Gasteiger partial charge < -0.3 is 20.3 Å². The molecule has 10 heteroatoms. The lowest BCUT2D eigenvalue weighted by Crippen LogP contribution is -2.40. The fourth-order valence-electron chi connectivity index (χ4n) is 4.00. The molecule has 0 aliphatic carbocycles. The standard InChI is InChI=1S/C22H25FN6O2S/c23-15-5-3-14(4-6-15)17-13-32-21(26-17)18-19(25-16-2-1-7-24-12-16)27-22(28-20(18)30)29-8-10-31-11-9-29/h3-6,13,16,24H,1-2,7-12H2,(H2,25,27,28,30). The highest BCUT2D eigenvalue weighted by Crippen LogP contribution is 2.32. The van der Waals surface area contributed by atoms with Gasteiger partial charge in [0.15, 0.2) is 0 Å². The third-order valence-electron chi connectivity index (χ3n) is 5.71. The van der Waals surface area contributed by atoms with Crippen LogP contribution in [0.5, 0.6) is 0 Å². The van der Waals surface area contributed by atoms with Crippen molar-refractivity contribution >= 4 is 23.1 Å². The SMILES string of the molecule is O=c1[nH]c(N2CCOCC2)nc(NC2CCCNC2)c1-c1nc(-c2ccc(F)cc2)cs1. The number of rotatable bonds is 5. The lowest BCUT2D eigenvalue weighted by Gasteiger charge is -2.29. The molecule has 2 aliphatic heterocycles. The first-order chi connectivity index (χ1) is 15.7. The van der Waals surface area contributed by atoms with Gasteiger partial charge in [-0.1, -0.05) is 0 Å². The quantitative estimate of drug-likeness (QED) is 0.543. The van der Waals surface area contributed by atoms with E-state index in [0.29, 0.717) is 54.3 Å². The van der Waals surface area contributed by atoms with E-state index in [1.165, 1.54) is 23.5 Å². The van der Waals surface area contributed by atoms with E-state index in [0.717, 1.165) is 31.5 Å². The number of hydrogen-bond acceptors (Lipinski definition) is 8. The van der Waals surface area contributed by atoms with Crippen molar-refractivity contribution in [2.75, 3.05) is 49.6 Å². The molecule has 8 nitrogen and oxygen atoms in total. The molecule has 0 radical (unpaired) electrons. The highest BCUT2D eigenvalue weighted by molar-refractivity contribution is 7.13. The van der Waals surface area contributed by atoms with Gasteiger partial charge in [-0.25, -0.2) is 9.37 Å². The van der Waals surface area contributed by atoms with Gasteiger partial charge in [-0.05, 0) is 43.7 Å². The maximum atomic E-state index is 13.3. The molecule has 32 heavy (non-hydrogen) atoms. The summed E-state index contributed by atoms with van der Waals surface area (Å²) in [6.07, 6.45) is 2.07. The van der Waals surface area contributed by atoms with E-state index in [1.807, 2.05) is 10.3 Å². The van der Waals surface area contributed by atoms with Crippen molar-refractivity contribution in [1.29, 1.82) is 0 Å². The normalized spacial score (nSPS) is 19.2. The first-order valence-electron chi connectivity index (χ1n) is 10.8. The number of halogens is 1. The van der Waals surface area contributed by atoms with Crippen molar-refractivity contribution in [3.8, 4) is 21.8 Å². The van der Waals surface area contributed by atoms with Crippen molar-refractivity contribution in [3.63, 3.8) is 0 Å². The van der Waals surface area contributed by atoms with E-state index in [1.54, 1.807) is 12.1 Å². The molecule has 1 unspecified atom stereocenters. The third-order valence-corrected chi connectivity index (χ3v) is 6.57. The zero-order valence-corrected chi connectivity index (χ0v) is 18.4. The predicted octanol–water partition coefficient (Wildman–Crippen LogP) is 2.70. The predicted molar refractivity (Wildman–Crippen MR) is 124 cm³/mol. The minimum Gasteiger partial charge on any atom is -0.378 e. The van der Waals surface area contributed by atoms with Crippen LogP contribution in [-0.4, -0.2) is 60.4 Å². The Kier molecular flexibility index (Phi) is 6.15.